The second kappa shape index (κ2) is 13.0. The molecule has 0 aliphatic carbocycles. The molecule has 15 nitrogen and oxygen atoms in total. The SMILES string of the molecule is COC[C@@H]1Cc2c([nH]c3ccccc23)[C@@]2(CS[C@@H]3c4c(OC(C)=O)c(C)c5c(c4C(COC2=O)N2C4(O)Cc6cc(C)c(OC)c(O)c6C(N(C)C4)[C@]32N)OCO5)N1. The number of likely N-dealkylation sites (N-methyl/N-ethyl adjacent to an activating group) is 1. The molecule has 306 valence electrons. The first kappa shape index (κ1) is 37.7. The molecule has 0 saturated carbocycles. The number of phenolic OH excluding ortho intramolecular Hbond substituents is 1. The predicted molar refractivity (Wildman–Crippen MR) is 212 cm³/mol. The number of carbonyl (C=O) groups is 2. The van der Waals surface area contributed by atoms with E-state index in [1.165, 1.54) is 25.8 Å². The number of fused-ring (bicyclic) bond motifs is 8. The van der Waals surface area contributed by atoms with Crippen molar-refractivity contribution in [2.75, 3.05) is 53.6 Å². The van der Waals surface area contributed by atoms with Crippen LogP contribution in [0.2, 0.25) is 0 Å². The molecule has 9 heterocycles. The number of hydrogen-bond donors (Lipinski definition) is 5. The Morgan fingerprint density at radius 2 is 1.88 bits per heavy atom. The lowest BCUT2D eigenvalue weighted by Crippen LogP contribution is -2.79. The van der Waals surface area contributed by atoms with Gasteiger partial charge < -0.3 is 49.4 Å². The van der Waals surface area contributed by atoms with Crippen LogP contribution in [0.15, 0.2) is 30.3 Å². The van der Waals surface area contributed by atoms with E-state index in [9.17, 15) is 15.0 Å². The van der Waals surface area contributed by atoms with Gasteiger partial charge in [0.1, 0.15) is 23.7 Å². The van der Waals surface area contributed by atoms with Gasteiger partial charge in [-0.25, -0.2) is 9.69 Å². The first-order chi connectivity index (χ1) is 27.8. The molecule has 16 heteroatoms. The molecule has 2 saturated heterocycles. The highest BCUT2D eigenvalue weighted by Gasteiger charge is 2.70. The van der Waals surface area contributed by atoms with Gasteiger partial charge in [-0.3, -0.25) is 15.0 Å². The molecule has 4 aromatic rings. The molecule has 8 aliphatic rings. The van der Waals surface area contributed by atoms with Crippen molar-refractivity contribution >= 4 is 34.6 Å². The summed E-state index contributed by atoms with van der Waals surface area (Å²) in [6.07, 6.45) is 0.690. The summed E-state index contributed by atoms with van der Waals surface area (Å²) in [5, 5.41) is 29.3. The fourth-order valence-electron chi connectivity index (χ4n) is 11.2. The number of methoxy groups -OCH3 is 2. The third-order valence-corrected chi connectivity index (χ3v) is 14.7. The molecule has 2 fully saturated rings. The van der Waals surface area contributed by atoms with Gasteiger partial charge in [0.2, 0.25) is 6.79 Å². The lowest BCUT2D eigenvalue weighted by Gasteiger charge is -2.65. The van der Waals surface area contributed by atoms with Gasteiger partial charge in [0, 0.05) is 72.0 Å². The van der Waals surface area contributed by atoms with E-state index >= 15 is 4.79 Å². The number of para-hydroxylation sites is 1. The number of aromatic nitrogens is 1. The number of phenols is 1. The zero-order chi connectivity index (χ0) is 40.6. The number of carbonyl (C=O) groups excluding carboxylic acids is 2. The predicted octanol–water partition coefficient (Wildman–Crippen LogP) is 3.48. The minimum absolute atomic E-state index is 0.0625. The Bertz CT molecular complexity index is 2440. The number of H-pyrrole nitrogens is 1. The number of aromatic hydroxyl groups is 1. The maximum atomic E-state index is 15.2. The number of esters is 2. The molecule has 0 amide bonds. The summed E-state index contributed by atoms with van der Waals surface area (Å²) in [5.41, 5.74) is 9.69. The zero-order valence-corrected chi connectivity index (χ0v) is 34.0. The summed E-state index contributed by atoms with van der Waals surface area (Å²) in [6, 6.07) is 7.95. The summed E-state index contributed by atoms with van der Waals surface area (Å²) in [7, 11) is 5.03. The molecule has 1 spiro atoms. The number of hydrogen-bond acceptors (Lipinski definition) is 15. The van der Waals surface area contributed by atoms with Gasteiger partial charge in [0.05, 0.1) is 36.7 Å². The van der Waals surface area contributed by atoms with Gasteiger partial charge in [-0.15, -0.1) is 11.8 Å². The standard InChI is InChI=1S/C42H47N5O10S/c1-19-11-22-13-40(51)16-46(4)37(28(22)31(49)32(19)53-6)42(43)38-30-29(35-34(55-18-56-35)20(2)33(30)57-21(3)48)27(47(40)42)15-54-39(50)41(17-58-38)36-25(12-23(45-41)14-52-5)24-9-7-8-10-26(24)44-36/h7-11,23,27,37-38,44-45,49,51H,12-18,43H2,1-6H3/t23-,27?,37?,38+,40?,41+,42+/m0/s1. The van der Waals surface area contributed by atoms with Crippen molar-refractivity contribution < 1.29 is 48.2 Å². The third kappa shape index (κ3) is 4.90. The maximum Gasteiger partial charge on any atom is 0.333 e. The lowest BCUT2D eigenvalue weighted by atomic mass is 9.74. The van der Waals surface area contributed by atoms with Crippen molar-refractivity contribution in [3.8, 4) is 28.7 Å². The van der Waals surface area contributed by atoms with Gasteiger partial charge in [-0.1, -0.05) is 24.3 Å². The zero-order valence-electron chi connectivity index (χ0n) is 33.2. The quantitative estimate of drug-likeness (QED) is 0.149. The average molecular weight is 814 g/mol. The minimum Gasteiger partial charge on any atom is -0.504 e. The first-order valence-electron chi connectivity index (χ1n) is 19.5. The molecule has 8 atom stereocenters. The number of ether oxygens (including phenoxy) is 6. The highest BCUT2D eigenvalue weighted by Crippen LogP contribution is 2.68. The van der Waals surface area contributed by atoms with Gasteiger partial charge in [0.15, 0.2) is 28.5 Å². The fourth-order valence-corrected chi connectivity index (χ4v) is 12.9. The number of benzene rings is 3. The Morgan fingerprint density at radius 3 is 2.64 bits per heavy atom. The number of nitrogens with zero attached hydrogens (tertiary/aromatic N) is 2. The molecule has 12 rings (SSSR count). The van der Waals surface area contributed by atoms with Gasteiger partial charge >= 0.3 is 11.9 Å². The molecule has 8 aliphatic heterocycles. The average Bonchev–Trinajstić information content (AvgIpc) is 3.77. The second-order valence-electron chi connectivity index (χ2n) is 16.6. The van der Waals surface area contributed by atoms with Crippen molar-refractivity contribution in [2.24, 2.45) is 5.73 Å². The number of thioether (sulfide) groups is 1. The van der Waals surface area contributed by atoms with E-state index in [-0.39, 0.29) is 49.7 Å². The minimum atomic E-state index is -1.67. The molecule has 0 radical (unpaired) electrons. The number of piperazine rings is 1. The van der Waals surface area contributed by atoms with Gasteiger partial charge in [-0.2, -0.15) is 0 Å². The van der Waals surface area contributed by atoms with E-state index < -0.39 is 46.2 Å². The Morgan fingerprint density at radius 1 is 1.10 bits per heavy atom. The Labute approximate surface area is 339 Å². The van der Waals surface area contributed by atoms with Crippen LogP contribution in [-0.4, -0.2) is 108 Å². The van der Waals surface area contributed by atoms with Crippen molar-refractivity contribution in [1.82, 2.24) is 20.1 Å². The lowest BCUT2D eigenvalue weighted by molar-refractivity contribution is -0.248. The van der Waals surface area contributed by atoms with Crippen LogP contribution >= 0.6 is 11.8 Å². The van der Waals surface area contributed by atoms with Crippen molar-refractivity contribution in [3.05, 3.63) is 75.0 Å². The molecular weight excluding hydrogens is 767 g/mol. The highest BCUT2D eigenvalue weighted by molar-refractivity contribution is 7.99. The van der Waals surface area contributed by atoms with Crippen LogP contribution in [0, 0.1) is 13.8 Å². The van der Waals surface area contributed by atoms with E-state index in [0.29, 0.717) is 69.4 Å². The van der Waals surface area contributed by atoms with Crippen LogP contribution in [0.3, 0.4) is 0 Å². The number of nitrogens with two attached hydrogens (primary N) is 1. The van der Waals surface area contributed by atoms with Crippen LogP contribution in [0.5, 0.6) is 28.7 Å². The second-order valence-corrected chi connectivity index (χ2v) is 17.7. The van der Waals surface area contributed by atoms with Crippen LogP contribution in [0.1, 0.15) is 68.9 Å². The van der Waals surface area contributed by atoms with Crippen molar-refractivity contribution in [1.29, 1.82) is 0 Å². The number of rotatable bonds is 4. The van der Waals surface area contributed by atoms with E-state index in [0.717, 1.165) is 16.5 Å². The van der Waals surface area contributed by atoms with Crippen LogP contribution in [-0.2, 0) is 37.4 Å². The van der Waals surface area contributed by atoms with E-state index in [1.54, 1.807) is 7.11 Å². The summed E-state index contributed by atoms with van der Waals surface area (Å²) in [4.78, 5) is 35.7. The van der Waals surface area contributed by atoms with Crippen molar-refractivity contribution in [2.45, 2.75) is 73.9 Å². The summed E-state index contributed by atoms with van der Waals surface area (Å²) >= 11 is 1.40. The molecule has 6 N–H and O–H groups in total. The van der Waals surface area contributed by atoms with Crippen LogP contribution in [0.4, 0.5) is 0 Å². The Kier molecular flexibility index (Phi) is 8.43. The molecule has 4 unspecified atom stereocenters. The topological polar surface area (TPSA) is 190 Å². The molecule has 3 aromatic carbocycles. The summed E-state index contributed by atoms with van der Waals surface area (Å²) < 4.78 is 36.5. The number of aryl methyl sites for hydroxylation is 1. The monoisotopic (exact) mass is 813 g/mol. The molecule has 4 bridgehead atoms. The van der Waals surface area contributed by atoms with E-state index in [4.69, 9.17) is 34.2 Å². The molecule has 58 heavy (non-hydrogen) atoms. The fraction of sp³-hybridized carbons (Fsp3) is 0.476. The smallest absolute Gasteiger partial charge is 0.333 e. The van der Waals surface area contributed by atoms with E-state index in [1.807, 2.05) is 61.0 Å². The Balaban J connectivity index is 1.27. The third-order valence-electron chi connectivity index (χ3n) is 13.1. The maximum absolute atomic E-state index is 15.2. The normalized spacial score (nSPS) is 31.9. The van der Waals surface area contributed by atoms with Crippen molar-refractivity contribution in [3.63, 3.8) is 0 Å². The van der Waals surface area contributed by atoms with E-state index in [2.05, 4.69) is 10.3 Å². The number of aromatic amines is 1. The highest BCUT2D eigenvalue weighted by atomic mass is 32.2. The van der Waals surface area contributed by atoms with Gasteiger partial charge in [0.25, 0.3) is 0 Å². The number of aliphatic hydroxyl groups is 1. The summed E-state index contributed by atoms with van der Waals surface area (Å²) in [6.45, 7) is 5.12. The van der Waals surface area contributed by atoms with Gasteiger partial charge in [-0.05, 0) is 50.1 Å². The van der Waals surface area contributed by atoms with Crippen LogP contribution in [0.25, 0.3) is 10.9 Å². The molecular formula is C42H47N5O10S. The Hall–Kier alpha value is -4.55. The van der Waals surface area contributed by atoms with Crippen LogP contribution < -0.4 is 30.0 Å². The molecule has 1 aromatic heterocycles. The number of nitrogens with one attached hydrogen (secondary N) is 2. The first-order valence-corrected chi connectivity index (χ1v) is 20.5. The largest absolute Gasteiger partial charge is 0.504 e. The summed E-state index contributed by atoms with van der Waals surface area (Å²) in [5.74, 6) is 0.366.